The number of aromatic nitrogens is 2. The third-order valence-electron chi connectivity index (χ3n) is 1.62. The van der Waals surface area contributed by atoms with E-state index >= 15 is 0 Å². The lowest BCUT2D eigenvalue weighted by atomic mass is 10.3. The van der Waals surface area contributed by atoms with E-state index in [0.29, 0.717) is 18.1 Å². The smallest absolute Gasteiger partial charge is 0.251 e. The fourth-order valence-corrected chi connectivity index (χ4v) is 1.14. The molecule has 0 bridgehead atoms. The fraction of sp³-hybridized carbons (Fsp3) is 0.444. The molecule has 0 aromatic carbocycles. The Bertz CT molecular complexity index is 384. The molecule has 0 radical (unpaired) electrons. The zero-order valence-corrected chi connectivity index (χ0v) is 8.26. The molecule has 0 saturated carbocycles. The molecule has 5 nitrogen and oxygen atoms in total. The largest absolute Gasteiger partial charge is 0.356 e. The number of amides is 1. The molecule has 0 fully saturated rings. The van der Waals surface area contributed by atoms with Crippen LogP contribution in [0, 0.1) is 6.92 Å². The summed E-state index contributed by atoms with van der Waals surface area (Å²) in [4.78, 5) is 28.7. The van der Waals surface area contributed by atoms with Crippen molar-refractivity contribution in [2.75, 3.05) is 6.54 Å². The maximum atomic E-state index is 11.2. The molecular weight excluding hydrogens is 182 g/mol. The minimum Gasteiger partial charge on any atom is -0.356 e. The van der Waals surface area contributed by atoms with E-state index in [2.05, 4.69) is 15.3 Å². The molecule has 0 unspecified atom stereocenters. The average Bonchev–Trinajstić information content (AvgIpc) is 2.01. The highest BCUT2D eigenvalue weighted by molar-refractivity contribution is 5.77. The molecule has 0 saturated heterocycles. The highest BCUT2D eigenvalue weighted by atomic mass is 16.1. The number of likely N-dealkylation sites (N-methyl/N-ethyl adjacent to an activating group) is 1. The first-order valence-corrected chi connectivity index (χ1v) is 4.45. The van der Waals surface area contributed by atoms with Gasteiger partial charge < -0.3 is 10.3 Å². The van der Waals surface area contributed by atoms with Crippen LogP contribution in [0.3, 0.4) is 0 Å². The van der Waals surface area contributed by atoms with Crippen molar-refractivity contribution in [3.05, 3.63) is 27.9 Å². The summed E-state index contributed by atoms with van der Waals surface area (Å²) >= 11 is 0. The number of nitrogens with one attached hydrogen (secondary N) is 2. The van der Waals surface area contributed by atoms with Gasteiger partial charge in [-0.2, -0.15) is 0 Å². The van der Waals surface area contributed by atoms with Crippen LogP contribution in [0.4, 0.5) is 0 Å². The molecule has 1 aromatic heterocycles. The lowest BCUT2D eigenvalue weighted by Gasteiger charge is -2.01. The molecule has 1 aromatic rings. The highest BCUT2D eigenvalue weighted by Gasteiger charge is 2.04. The summed E-state index contributed by atoms with van der Waals surface area (Å²) in [5.41, 5.74) is 0.393. The molecule has 5 heteroatoms. The van der Waals surface area contributed by atoms with E-state index < -0.39 is 0 Å². The Morgan fingerprint density at radius 2 is 2.36 bits per heavy atom. The third-order valence-corrected chi connectivity index (χ3v) is 1.62. The van der Waals surface area contributed by atoms with E-state index in [-0.39, 0.29) is 17.9 Å². The fourth-order valence-electron chi connectivity index (χ4n) is 1.14. The number of hydrogen-bond acceptors (Lipinski definition) is 3. The van der Waals surface area contributed by atoms with Crippen LogP contribution in [0.2, 0.25) is 0 Å². The van der Waals surface area contributed by atoms with Crippen LogP contribution in [0.25, 0.3) is 0 Å². The van der Waals surface area contributed by atoms with Crippen LogP contribution in [-0.2, 0) is 11.2 Å². The van der Waals surface area contributed by atoms with Gasteiger partial charge in [-0.1, -0.05) is 0 Å². The van der Waals surface area contributed by atoms with Crippen LogP contribution >= 0.6 is 0 Å². The minimum atomic E-state index is -0.225. The molecule has 0 aliphatic carbocycles. The molecular formula is C9H13N3O2. The van der Waals surface area contributed by atoms with Crippen molar-refractivity contribution in [1.29, 1.82) is 0 Å². The minimum absolute atomic E-state index is 0.116. The molecule has 0 aliphatic rings. The van der Waals surface area contributed by atoms with Gasteiger partial charge in [-0.25, -0.2) is 4.98 Å². The Kier molecular flexibility index (Phi) is 3.39. The number of aryl methyl sites for hydroxylation is 1. The maximum absolute atomic E-state index is 11.2. The van der Waals surface area contributed by atoms with Gasteiger partial charge in [0, 0.05) is 18.3 Å². The number of carbonyl (C=O) groups excluding carboxylic acids is 1. The molecule has 76 valence electrons. The summed E-state index contributed by atoms with van der Waals surface area (Å²) in [6.45, 7) is 4.13. The number of nitrogens with zero attached hydrogens (tertiary/aromatic N) is 1. The topological polar surface area (TPSA) is 74.8 Å². The Balaban J connectivity index is 2.76. The normalized spacial score (nSPS) is 9.86. The molecule has 2 N–H and O–H groups in total. The van der Waals surface area contributed by atoms with Crippen molar-refractivity contribution in [3.8, 4) is 0 Å². The van der Waals surface area contributed by atoms with E-state index in [0.717, 1.165) is 0 Å². The van der Waals surface area contributed by atoms with E-state index in [1.54, 1.807) is 6.92 Å². The molecule has 1 amide bonds. The van der Waals surface area contributed by atoms with Gasteiger partial charge in [-0.05, 0) is 13.8 Å². The quantitative estimate of drug-likeness (QED) is 0.698. The zero-order chi connectivity index (χ0) is 10.6. The summed E-state index contributed by atoms with van der Waals surface area (Å²) in [6, 6.07) is 1.39. The molecule has 0 atom stereocenters. The van der Waals surface area contributed by atoms with Crippen LogP contribution in [0.15, 0.2) is 10.9 Å². The van der Waals surface area contributed by atoms with Crippen LogP contribution in [0.1, 0.15) is 18.4 Å². The lowest BCUT2D eigenvalue weighted by molar-refractivity contribution is -0.120. The van der Waals surface area contributed by atoms with Crippen LogP contribution in [0.5, 0.6) is 0 Å². The summed E-state index contributed by atoms with van der Waals surface area (Å²) in [7, 11) is 0. The number of rotatable bonds is 3. The van der Waals surface area contributed by atoms with Gasteiger partial charge in [-0.3, -0.25) is 9.59 Å². The lowest BCUT2D eigenvalue weighted by Crippen LogP contribution is -2.26. The van der Waals surface area contributed by atoms with Crippen molar-refractivity contribution in [2.24, 2.45) is 0 Å². The SMILES string of the molecule is CCNC(=O)Cc1nc(C)cc(=O)[nH]1. The first-order valence-electron chi connectivity index (χ1n) is 4.45. The highest BCUT2D eigenvalue weighted by Crippen LogP contribution is 1.90. The number of aromatic amines is 1. The summed E-state index contributed by atoms with van der Waals surface area (Å²) in [6.07, 6.45) is 0.116. The van der Waals surface area contributed by atoms with Gasteiger partial charge >= 0.3 is 0 Å². The van der Waals surface area contributed by atoms with E-state index in [1.807, 2.05) is 6.92 Å². The molecule has 0 spiro atoms. The predicted molar refractivity (Wildman–Crippen MR) is 52.0 cm³/mol. The molecule has 0 aliphatic heterocycles. The van der Waals surface area contributed by atoms with E-state index in [4.69, 9.17) is 0 Å². The molecule has 14 heavy (non-hydrogen) atoms. The maximum Gasteiger partial charge on any atom is 0.251 e. The van der Waals surface area contributed by atoms with E-state index in [1.165, 1.54) is 6.07 Å². The van der Waals surface area contributed by atoms with Crippen molar-refractivity contribution in [3.63, 3.8) is 0 Å². The third kappa shape index (κ3) is 3.01. The van der Waals surface area contributed by atoms with Gasteiger partial charge in [0.05, 0.1) is 6.42 Å². The van der Waals surface area contributed by atoms with Crippen molar-refractivity contribution in [2.45, 2.75) is 20.3 Å². The summed E-state index contributed by atoms with van der Waals surface area (Å²) < 4.78 is 0. The van der Waals surface area contributed by atoms with Gasteiger partial charge in [0.15, 0.2) is 0 Å². The Morgan fingerprint density at radius 1 is 1.64 bits per heavy atom. The summed E-state index contributed by atoms with van der Waals surface area (Å²) in [5, 5.41) is 2.63. The standard InChI is InChI=1S/C9H13N3O2/c1-3-10-8(13)5-7-11-6(2)4-9(14)12-7/h4H,3,5H2,1-2H3,(H,10,13)(H,11,12,14). The second kappa shape index (κ2) is 4.55. The van der Waals surface area contributed by atoms with Crippen LogP contribution in [-0.4, -0.2) is 22.4 Å². The van der Waals surface area contributed by atoms with Gasteiger partial charge in [0.1, 0.15) is 5.82 Å². The summed E-state index contributed by atoms with van der Waals surface area (Å²) in [5.74, 6) is 0.266. The van der Waals surface area contributed by atoms with E-state index in [9.17, 15) is 9.59 Å². The van der Waals surface area contributed by atoms with Gasteiger partial charge in [-0.15, -0.1) is 0 Å². The first kappa shape index (κ1) is 10.4. The second-order valence-electron chi connectivity index (χ2n) is 2.96. The molecule has 1 heterocycles. The van der Waals surface area contributed by atoms with Crippen molar-refractivity contribution in [1.82, 2.24) is 15.3 Å². The number of carbonyl (C=O) groups is 1. The molecule has 1 rings (SSSR count). The number of H-pyrrole nitrogens is 1. The van der Waals surface area contributed by atoms with Crippen LogP contribution < -0.4 is 10.9 Å². The Labute approximate surface area is 81.6 Å². The zero-order valence-electron chi connectivity index (χ0n) is 8.26. The van der Waals surface area contributed by atoms with Crippen molar-refractivity contribution >= 4 is 5.91 Å². The number of hydrogen-bond donors (Lipinski definition) is 2. The Hall–Kier alpha value is -1.65. The predicted octanol–water partition coefficient (Wildman–Crippen LogP) is -0.243. The van der Waals surface area contributed by atoms with Gasteiger partial charge in [0.25, 0.3) is 5.56 Å². The Morgan fingerprint density at radius 3 is 2.93 bits per heavy atom. The monoisotopic (exact) mass is 195 g/mol. The average molecular weight is 195 g/mol. The van der Waals surface area contributed by atoms with Crippen molar-refractivity contribution < 1.29 is 4.79 Å². The second-order valence-corrected chi connectivity index (χ2v) is 2.96. The first-order chi connectivity index (χ1) is 6.61. The van der Waals surface area contributed by atoms with Gasteiger partial charge in [0.2, 0.25) is 5.91 Å².